The molecule has 0 aliphatic rings. The molecule has 0 nitrogen and oxygen atoms in total. The van der Waals surface area contributed by atoms with Crippen LogP contribution in [-0.4, -0.2) is 55.5 Å². The van der Waals surface area contributed by atoms with E-state index < -0.39 is 93.2 Å². The molecule has 1 aromatic carbocycles. The van der Waals surface area contributed by atoms with Crippen molar-refractivity contribution >= 4 is 13.2 Å². The van der Waals surface area contributed by atoms with Crippen LogP contribution < -0.4 is 5.30 Å². The lowest BCUT2D eigenvalue weighted by molar-refractivity contribution is -0.240. The van der Waals surface area contributed by atoms with Crippen LogP contribution in [0.4, 0.5) is 57.1 Å². The van der Waals surface area contributed by atoms with Crippen LogP contribution >= 0.6 is 7.92 Å². The van der Waals surface area contributed by atoms with Crippen LogP contribution in [0.3, 0.4) is 0 Å². The molecule has 0 heterocycles. The zero-order valence-electron chi connectivity index (χ0n) is 15.4. The first-order chi connectivity index (χ1) is 14.1. The largest absolute Gasteiger partial charge is 0.493 e. The van der Waals surface area contributed by atoms with Gasteiger partial charge in [-0.2, -0.15) is 22.0 Å². The van der Waals surface area contributed by atoms with E-state index in [2.05, 4.69) is 0 Å². The SMILES string of the molecule is FCCCC(F)C(F)C(F)C(F)C(F)C[PH+](c1cc(F)ccc1F)C(F)(F)C(F)(F)F. The van der Waals surface area contributed by atoms with E-state index in [1.807, 2.05) is 0 Å². The van der Waals surface area contributed by atoms with Gasteiger partial charge < -0.3 is 0 Å². The first-order valence-electron chi connectivity index (χ1n) is 8.67. The van der Waals surface area contributed by atoms with Gasteiger partial charge in [0.25, 0.3) is 0 Å². The fraction of sp³-hybridized carbons (Fsp3) is 0.647. The molecule has 0 spiro atoms. The minimum Gasteiger partial charge on any atom is -0.251 e. The Morgan fingerprint density at radius 3 is 1.87 bits per heavy atom. The predicted molar refractivity (Wildman–Crippen MR) is 89.9 cm³/mol. The topological polar surface area (TPSA) is 0 Å². The molecule has 1 rings (SSSR count). The molecule has 6 atom stereocenters. The summed E-state index contributed by atoms with van der Waals surface area (Å²) in [6.45, 7) is -1.13. The second-order valence-electron chi connectivity index (χ2n) is 6.58. The van der Waals surface area contributed by atoms with E-state index in [0.717, 1.165) is 0 Å². The van der Waals surface area contributed by atoms with Gasteiger partial charge in [0.2, 0.25) is 0 Å². The van der Waals surface area contributed by atoms with Gasteiger partial charge in [0.05, 0.1) is 6.67 Å². The molecular weight excluding hydrogens is 482 g/mol. The Bertz CT molecular complexity index is 695. The third-order valence-electron chi connectivity index (χ3n) is 4.30. The highest BCUT2D eigenvalue weighted by atomic mass is 31.1. The zero-order chi connectivity index (χ0) is 24.1. The Morgan fingerprint density at radius 1 is 0.806 bits per heavy atom. The maximum absolute atomic E-state index is 14.2. The summed E-state index contributed by atoms with van der Waals surface area (Å²) in [6, 6.07) is 0.512. The fourth-order valence-corrected chi connectivity index (χ4v) is 5.08. The summed E-state index contributed by atoms with van der Waals surface area (Å²) in [5, 5.41) is -1.57. The molecule has 0 aromatic heterocycles. The monoisotopic (exact) mass is 499 g/mol. The average Bonchev–Trinajstić information content (AvgIpc) is 2.69. The highest BCUT2D eigenvalue weighted by Crippen LogP contribution is 2.60. The van der Waals surface area contributed by atoms with E-state index in [4.69, 9.17) is 0 Å². The Morgan fingerprint density at radius 2 is 1.35 bits per heavy atom. The molecule has 0 saturated heterocycles. The van der Waals surface area contributed by atoms with Gasteiger partial charge in [-0.15, -0.1) is 0 Å². The third-order valence-corrected chi connectivity index (χ3v) is 7.17. The number of hydrogen-bond donors (Lipinski definition) is 0. The molecule has 6 unspecified atom stereocenters. The molecule has 14 heteroatoms. The van der Waals surface area contributed by atoms with Crippen molar-refractivity contribution in [1.82, 2.24) is 0 Å². The summed E-state index contributed by atoms with van der Waals surface area (Å²) in [6.07, 6.45) is -27.0. The van der Waals surface area contributed by atoms with Crippen LogP contribution in [-0.2, 0) is 0 Å². The lowest BCUT2D eigenvalue weighted by Crippen LogP contribution is -2.44. The number of hydrogen-bond acceptors (Lipinski definition) is 0. The van der Waals surface area contributed by atoms with Crippen LogP contribution in [0, 0.1) is 11.6 Å². The van der Waals surface area contributed by atoms with Gasteiger partial charge in [-0.25, -0.2) is 30.7 Å². The smallest absolute Gasteiger partial charge is 0.251 e. The number of halogens is 13. The highest BCUT2D eigenvalue weighted by Gasteiger charge is 2.70. The van der Waals surface area contributed by atoms with Gasteiger partial charge in [0.1, 0.15) is 31.4 Å². The van der Waals surface area contributed by atoms with Crippen molar-refractivity contribution in [2.45, 2.75) is 55.5 Å². The minimum absolute atomic E-state index is 0.0529. The molecule has 180 valence electrons. The Hall–Kier alpha value is -1.26. The van der Waals surface area contributed by atoms with Crippen molar-refractivity contribution in [3.8, 4) is 0 Å². The van der Waals surface area contributed by atoms with Gasteiger partial charge in [-0.1, -0.05) is 0 Å². The standard InChI is InChI=1S/C17H16F13P/c18-5-1-2-10(21)13(23)15(25)14(24)11(22)7-31(17(29,30)16(26,27)28)12-6-8(19)3-4-9(12)20/h3-4,6,10-11,13-15H,1-2,5,7H2/p+1. The second kappa shape index (κ2) is 11.0. The maximum Gasteiger partial charge on any atom is 0.493 e. The molecular formula is C17H17F13P+. The molecule has 31 heavy (non-hydrogen) atoms. The lowest BCUT2D eigenvalue weighted by Gasteiger charge is -2.26. The molecule has 0 bridgehead atoms. The summed E-state index contributed by atoms with van der Waals surface area (Å²) in [7, 11) is -4.86. The number of benzene rings is 1. The van der Waals surface area contributed by atoms with Crippen LogP contribution in [0.1, 0.15) is 12.8 Å². The molecule has 0 saturated carbocycles. The third kappa shape index (κ3) is 6.86. The first-order valence-corrected chi connectivity index (χ1v) is 10.4. The predicted octanol–water partition coefficient (Wildman–Crippen LogP) is 6.40. The van der Waals surface area contributed by atoms with Gasteiger partial charge in [0.15, 0.2) is 30.5 Å². The fourth-order valence-electron chi connectivity index (χ4n) is 2.62. The van der Waals surface area contributed by atoms with E-state index in [1.54, 1.807) is 0 Å². The minimum atomic E-state index is -6.38. The zero-order valence-corrected chi connectivity index (χ0v) is 16.4. The van der Waals surface area contributed by atoms with Crippen LogP contribution in [0.5, 0.6) is 0 Å². The van der Waals surface area contributed by atoms with Crippen LogP contribution in [0.15, 0.2) is 18.2 Å². The van der Waals surface area contributed by atoms with Crippen molar-refractivity contribution in [3.05, 3.63) is 29.8 Å². The first kappa shape index (κ1) is 27.8. The molecule has 1 aromatic rings. The Labute approximate surface area is 169 Å². The van der Waals surface area contributed by atoms with Gasteiger partial charge in [0, 0.05) is 6.07 Å². The van der Waals surface area contributed by atoms with Crippen molar-refractivity contribution < 1.29 is 57.1 Å². The summed E-state index contributed by atoms with van der Waals surface area (Å²) >= 11 is 0. The molecule has 0 radical (unpaired) electrons. The summed E-state index contributed by atoms with van der Waals surface area (Å²) in [5.74, 6) is -3.22. The number of rotatable bonds is 11. The maximum atomic E-state index is 14.2. The van der Waals surface area contributed by atoms with Crippen molar-refractivity contribution in [1.29, 1.82) is 0 Å². The average molecular weight is 499 g/mol. The van der Waals surface area contributed by atoms with Crippen LogP contribution in [0.25, 0.3) is 0 Å². The Kier molecular flexibility index (Phi) is 9.90. The molecule has 0 amide bonds. The van der Waals surface area contributed by atoms with Gasteiger partial charge in [-0.3, -0.25) is 4.39 Å². The number of alkyl halides is 11. The second-order valence-corrected chi connectivity index (χ2v) is 9.11. The summed E-state index contributed by atoms with van der Waals surface area (Å²) in [4.78, 5) is 0. The van der Waals surface area contributed by atoms with Crippen molar-refractivity contribution in [2.24, 2.45) is 0 Å². The summed E-state index contributed by atoms with van der Waals surface area (Å²) < 4.78 is 174. The van der Waals surface area contributed by atoms with E-state index >= 15 is 0 Å². The molecule has 0 N–H and O–H groups in total. The van der Waals surface area contributed by atoms with Crippen molar-refractivity contribution in [3.63, 3.8) is 0 Å². The highest BCUT2D eigenvalue weighted by molar-refractivity contribution is 7.66. The Balaban J connectivity index is 3.18. The van der Waals surface area contributed by atoms with E-state index in [-0.39, 0.29) is 12.1 Å². The van der Waals surface area contributed by atoms with Crippen LogP contribution in [0.2, 0.25) is 0 Å². The molecule has 0 aliphatic carbocycles. The van der Waals surface area contributed by atoms with E-state index in [9.17, 15) is 57.1 Å². The molecule has 0 aliphatic heterocycles. The molecule has 0 fully saturated rings. The van der Waals surface area contributed by atoms with Gasteiger partial charge in [-0.05, 0) is 25.0 Å². The summed E-state index contributed by atoms with van der Waals surface area (Å²) in [5.41, 5.74) is -5.82. The quantitative estimate of drug-likeness (QED) is 0.244. The van der Waals surface area contributed by atoms with E-state index in [0.29, 0.717) is 6.07 Å². The lowest BCUT2D eigenvalue weighted by atomic mass is 10.0. The van der Waals surface area contributed by atoms with Gasteiger partial charge >= 0.3 is 11.8 Å². The van der Waals surface area contributed by atoms with Crippen molar-refractivity contribution in [2.75, 3.05) is 12.8 Å². The normalized spacial score (nSPS) is 18.9. The van der Waals surface area contributed by atoms with E-state index in [1.165, 1.54) is 0 Å².